The standard InChI is InChI=1S/C23H20F4N2O5S/c1-13-3-2-4-16(11-13)35(33,34)22(24)9-7-15(8-10-22)28-21(32)29-19(30)17-6-5-14(23(25,26)27)12-18(17)20(29)31/h2-6,11-12,15H,7-10H2,1H3,(H,28,32). The number of carbonyl (C=O) groups excluding carboxylic acids is 3. The number of hydrogen-bond acceptors (Lipinski definition) is 5. The van der Waals surface area contributed by atoms with E-state index >= 15 is 4.39 Å². The fraction of sp³-hybridized carbons (Fsp3) is 0.348. The van der Waals surface area contributed by atoms with Gasteiger partial charge in [0.15, 0.2) is 0 Å². The maximum atomic E-state index is 15.5. The maximum Gasteiger partial charge on any atom is 0.416 e. The van der Waals surface area contributed by atoms with Crippen LogP contribution in [0.2, 0.25) is 0 Å². The normalized spacial score (nSPS) is 22.8. The van der Waals surface area contributed by atoms with Crippen molar-refractivity contribution in [1.82, 2.24) is 10.2 Å². The molecule has 1 aliphatic heterocycles. The Kier molecular flexibility index (Phi) is 5.98. The number of fused-ring (bicyclic) bond motifs is 1. The van der Waals surface area contributed by atoms with Crippen LogP contribution in [0.5, 0.6) is 0 Å². The van der Waals surface area contributed by atoms with E-state index in [0.29, 0.717) is 17.7 Å². The van der Waals surface area contributed by atoms with Crippen molar-refractivity contribution in [3.63, 3.8) is 0 Å². The highest BCUT2D eigenvalue weighted by atomic mass is 32.2. The second-order valence-corrected chi connectivity index (χ2v) is 10.8. The predicted octanol–water partition coefficient (Wildman–Crippen LogP) is 4.40. The Morgan fingerprint density at radius 1 is 1.03 bits per heavy atom. The van der Waals surface area contributed by atoms with Crippen LogP contribution in [0.15, 0.2) is 47.4 Å². The second kappa shape index (κ2) is 8.43. The van der Waals surface area contributed by atoms with Gasteiger partial charge in [0.25, 0.3) is 11.8 Å². The van der Waals surface area contributed by atoms with E-state index in [9.17, 15) is 36.0 Å². The molecule has 0 radical (unpaired) electrons. The molecule has 1 saturated carbocycles. The van der Waals surface area contributed by atoms with Crippen molar-refractivity contribution in [2.75, 3.05) is 0 Å². The molecule has 35 heavy (non-hydrogen) atoms. The number of rotatable bonds is 3. The summed E-state index contributed by atoms with van der Waals surface area (Å²) >= 11 is 0. The first kappa shape index (κ1) is 24.8. The van der Waals surface area contributed by atoms with E-state index in [4.69, 9.17) is 0 Å². The third kappa shape index (κ3) is 4.30. The SMILES string of the molecule is Cc1cccc(S(=O)(=O)C2(F)CCC(NC(=O)N3C(=O)c4ccc(C(F)(F)F)cc4C3=O)CC2)c1. The Morgan fingerprint density at radius 2 is 1.66 bits per heavy atom. The van der Waals surface area contributed by atoms with Crippen molar-refractivity contribution < 1.29 is 40.4 Å². The van der Waals surface area contributed by atoms with Crippen molar-refractivity contribution in [2.24, 2.45) is 0 Å². The molecule has 1 heterocycles. The molecule has 7 nitrogen and oxygen atoms in total. The van der Waals surface area contributed by atoms with Gasteiger partial charge >= 0.3 is 12.2 Å². The fourth-order valence-corrected chi connectivity index (χ4v) is 6.09. The Balaban J connectivity index is 1.45. The van der Waals surface area contributed by atoms with E-state index in [1.54, 1.807) is 13.0 Å². The van der Waals surface area contributed by atoms with Crippen LogP contribution < -0.4 is 5.32 Å². The van der Waals surface area contributed by atoms with Crippen molar-refractivity contribution in [3.05, 3.63) is 64.7 Å². The van der Waals surface area contributed by atoms with Gasteiger partial charge in [-0.25, -0.2) is 17.6 Å². The van der Waals surface area contributed by atoms with Crippen LogP contribution in [0.1, 0.15) is 57.5 Å². The van der Waals surface area contributed by atoms with Gasteiger partial charge in [0.05, 0.1) is 21.6 Å². The first-order valence-electron chi connectivity index (χ1n) is 10.7. The summed E-state index contributed by atoms with van der Waals surface area (Å²) in [5, 5.41) is -0.149. The minimum Gasteiger partial charge on any atom is -0.334 e. The van der Waals surface area contributed by atoms with Crippen LogP contribution in [-0.2, 0) is 16.0 Å². The maximum absolute atomic E-state index is 15.5. The molecule has 4 rings (SSSR count). The molecule has 2 aromatic rings. The van der Waals surface area contributed by atoms with E-state index in [1.165, 1.54) is 18.2 Å². The van der Waals surface area contributed by atoms with Gasteiger partial charge in [-0.3, -0.25) is 9.59 Å². The van der Waals surface area contributed by atoms with Gasteiger partial charge < -0.3 is 5.32 Å². The van der Waals surface area contributed by atoms with Gasteiger partial charge in [0.1, 0.15) is 0 Å². The van der Waals surface area contributed by atoms with Crippen molar-refractivity contribution >= 4 is 27.7 Å². The molecule has 0 spiro atoms. The molecular formula is C23H20F4N2O5S. The molecule has 0 saturated heterocycles. The van der Waals surface area contributed by atoms with Crippen molar-refractivity contribution in [3.8, 4) is 0 Å². The number of nitrogens with zero attached hydrogens (tertiary/aromatic N) is 1. The first-order valence-corrected chi connectivity index (χ1v) is 12.1. The summed E-state index contributed by atoms with van der Waals surface area (Å²) in [4.78, 5) is 37.7. The number of nitrogens with one attached hydrogen (secondary N) is 1. The summed E-state index contributed by atoms with van der Waals surface area (Å²) in [6, 6.07) is 5.95. The number of halogens is 4. The van der Waals surface area contributed by atoms with Gasteiger partial charge in [-0.15, -0.1) is 0 Å². The predicted molar refractivity (Wildman–Crippen MR) is 115 cm³/mol. The molecule has 1 aliphatic carbocycles. The van der Waals surface area contributed by atoms with Gasteiger partial charge in [-0.1, -0.05) is 12.1 Å². The smallest absolute Gasteiger partial charge is 0.334 e. The molecule has 1 fully saturated rings. The Hall–Kier alpha value is -3.28. The number of urea groups is 1. The van der Waals surface area contributed by atoms with E-state index in [1.807, 2.05) is 0 Å². The lowest BCUT2D eigenvalue weighted by Gasteiger charge is -2.34. The molecule has 0 atom stereocenters. The molecule has 4 amide bonds. The Labute approximate surface area is 198 Å². The summed E-state index contributed by atoms with van der Waals surface area (Å²) in [6.07, 6.45) is -5.77. The molecule has 0 bridgehead atoms. The molecule has 2 aliphatic rings. The summed E-state index contributed by atoms with van der Waals surface area (Å²) < 4.78 is 80.1. The van der Waals surface area contributed by atoms with Crippen molar-refractivity contribution in [1.29, 1.82) is 0 Å². The minimum atomic E-state index is -4.74. The van der Waals surface area contributed by atoms with E-state index in [2.05, 4.69) is 5.32 Å². The number of alkyl halides is 4. The summed E-state index contributed by atoms with van der Waals surface area (Å²) in [6.45, 7) is 1.68. The lowest BCUT2D eigenvalue weighted by atomic mass is 9.93. The van der Waals surface area contributed by atoms with Gasteiger partial charge in [0.2, 0.25) is 14.8 Å². The van der Waals surface area contributed by atoms with Gasteiger partial charge in [-0.05, 0) is 68.5 Å². The molecule has 0 unspecified atom stereocenters. The Morgan fingerprint density at radius 3 is 2.26 bits per heavy atom. The molecule has 0 aromatic heterocycles. The zero-order valence-corrected chi connectivity index (χ0v) is 19.2. The minimum absolute atomic E-state index is 0.0886. The number of amides is 4. The molecule has 1 N–H and O–H groups in total. The summed E-state index contributed by atoms with van der Waals surface area (Å²) in [5.41, 5.74) is -1.37. The zero-order chi connectivity index (χ0) is 25.8. The quantitative estimate of drug-likeness (QED) is 0.485. The van der Waals surface area contributed by atoms with Gasteiger partial charge in [0, 0.05) is 6.04 Å². The summed E-state index contributed by atoms with van der Waals surface area (Å²) in [7, 11) is -4.31. The fourth-order valence-electron chi connectivity index (χ4n) is 4.30. The highest BCUT2D eigenvalue weighted by Crippen LogP contribution is 2.40. The highest BCUT2D eigenvalue weighted by Gasteiger charge is 2.49. The molecule has 2 aromatic carbocycles. The van der Waals surface area contributed by atoms with E-state index < -0.39 is 68.9 Å². The van der Waals surface area contributed by atoms with Gasteiger partial charge in [-0.2, -0.15) is 18.1 Å². The third-order valence-corrected chi connectivity index (χ3v) is 8.50. The van der Waals surface area contributed by atoms with E-state index in [0.717, 1.165) is 6.07 Å². The molecule has 12 heteroatoms. The first-order chi connectivity index (χ1) is 16.2. The number of benzene rings is 2. The summed E-state index contributed by atoms with van der Waals surface area (Å²) in [5.74, 6) is -2.28. The lowest BCUT2D eigenvalue weighted by Crippen LogP contribution is -2.50. The number of hydrogen-bond donors (Lipinski definition) is 1. The lowest BCUT2D eigenvalue weighted by molar-refractivity contribution is -0.137. The van der Waals surface area contributed by atoms with Crippen LogP contribution in [-0.4, -0.2) is 42.2 Å². The largest absolute Gasteiger partial charge is 0.416 e. The van der Waals surface area contributed by atoms with E-state index in [-0.39, 0.29) is 28.2 Å². The number of sulfone groups is 1. The number of aryl methyl sites for hydroxylation is 1. The van der Waals surface area contributed by atoms with Crippen LogP contribution >= 0.6 is 0 Å². The molecule has 186 valence electrons. The number of imide groups is 3. The average Bonchev–Trinajstić information content (AvgIpc) is 3.04. The second-order valence-electron chi connectivity index (χ2n) is 8.63. The number of carbonyl (C=O) groups is 3. The highest BCUT2D eigenvalue weighted by molar-refractivity contribution is 7.92. The molecular weight excluding hydrogens is 492 g/mol. The van der Waals surface area contributed by atoms with Crippen LogP contribution in [0.3, 0.4) is 0 Å². The van der Waals surface area contributed by atoms with Crippen LogP contribution in [0.4, 0.5) is 22.4 Å². The van der Waals surface area contributed by atoms with Crippen molar-refractivity contribution in [2.45, 2.75) is 54.7 Å². The monoisotopic (exact) mass is 512 g/mol. The topological polar surface area (TPSA) is 101 Å². The average molecular weight is 512 g/mol. The Bertz CT molecular complexity index is 1330. The van der Waals surface area contributed by atoms with Crippen LogP contribution in [0, 0.1) is 6.92 Å². The van der Waals surface area contributed by atoms with Crippen LogP contribution in [0.25, 0.3) is 0 Å². The third-order valence-electron chi connectivity index (χ3n) is 6.26. The zero-order valence-electron chi connectivity index (χ0n) is 18.4.